The van der Waals surface area contributed by atoms with E-state index in [1.165, 1.54) is 0 Å². The summed E-state index contributed by atoms with van der Waals surface area (Å²) in [7, 11) is 6.97. The van der Waals surface area contributed by atoms with Gasteiger partial charge in [0.2, 0.25) is 0 Å². The molecule has 0 amide bonds. The zero-order chi connectivity index (χ0) is 14.7. The van der Waals surface area contributed by atoms with Gasteiger partial charge in [0.1, 0.15) is 0 Å². The number of rotatable bonds is 5. The SMILES string of the molecule is CNC(c1cccc(OC)c1OC)c1c(Cl)cnn1C. The molecule has 5 nitrogen and oxygen atoms in total. The van der Waals surface area contributed by atoms with E-state index < -0.39 is 0 Å². The third kappa shape index (κ3) is 2.46. The van der Waals surface area contributed by atoms with E-state index in [0.29, 0.717) is 16.5 Å². The summed E-state index contributed by atoms with van der Waals surface area (Å²) in [6, 6.07) is 5.62. The minimum atomic E-state index is -0.139. The van der Waals surface area contributed by atoms with Crippen molar-refractivity contribution in [3.8, 4) is 11.5 Å². The molecule has 0 aliphatic rings. The second kappa shape index (κ2) is 6.15. The third-order valence-corrected chi connectivity index (χ3v) is 3.54. The maximum absolute atomic E-state index is 6.24. The number of halogens is 1. The number of aryl methyl sites for hydroxylation is 1. The Balaban J connectivity index is 2.58. The lowest BCUT2D eigenvalue weighted by Gasteiger charge is -2.21. The maximum Gasteiger partial charge on any atom is 0.165 e. The Morgan fingerprint density at radius 3 is 2.55 bits per heavy atom. The van der Waals surface area contributed by atoms with Crippen LogP contribution in [0, 0.1) is 0 Å². The van der Waals surface area contributed by atoms with Crippen molar-refractivity contribution in [2.75, 3.05) is 21.3 Å². The first-order chi connectivity index (χ1) is 9.63. The van der Waals surface area contributed by atoms with Gasteiger partial charge in [0.05, 0.1) is 37.2 Å². The van der Waals surface area contributed by atoms with Gasteiger partial charge in [0.25, 0.3) is 0 Å². The summed E-state index contributed by atoms with van der Waals surface area (Å²) >= 11 is 6.24. The Morgan fingerprint density at radius 1 is 1.30 bits per heavy atom. The van der Waals surface area contributed by atoms with Crippen LogP contribution in [0.4, 0.5) is 0 Å². The highest BCUT2D eigenvalue weighted by molar-refractivity contribution is 6.31. The maximum atomic E-state index is 6.24. The first-order valence-electron chi connectivity index (χ1n) is 6.19. The van der Waals surface area contributed by atoms with Crippen LogP contribution in [-0.4, -0.2) is 31.0 Å². The van der Waals surface area contributed by atoms with E-state index in [9.17, 15) is 0 Å². The van der Waals surface area contributed by atoms with Crippen molar-refractivity contribution in [2.45, 2.75) is 6.04 Å². The molecule has 0 bridgehead atoms. The molecule has 2 rings (SSSR count). The van der Waals surface area contributed by atoms with Crippen LogP contribution < -0.4 is 14.8 Å². The Labute approximate surface area is 123 Å². The van der Waals surface area contributed by atoms with E-state index in [-0.39, 0.29) is 6.04 Å². The van der Waals surface area contributed by atoms with Crippen molar-refractivity contribution in [1.29, 1.82) is 0 Å². The smallest absolute Gasteiger partial charge is 0.165 e. The van der Waals surface area contributed by atoms with Crippen molar-refractivity contribution in [3.63, 3.8) is 0 Å². The second-order valence-corrected chi connectivity index (χ2v) is 4.71. The first kappa shape index (κ1) is 14.7. The molecular weight excluding hydrogens is 278 g/mol. The minimum Gasteiger partial charge on any atom is -0.493 e. The zero-order valence-electron chi connectivity index (χ0n) is 12.0. The largest absolute Gasteiger partial charge is 0.493 e. The molecule has 1 aromatic heterocycles. The molecule has 1 N–H and O–H groups in total. The Morgan fingerprint density at radius 2 is 2.05 bits per heavy atom. The van der Waals surface area contributed by atoms with E-state index in [2.05, 4.69) is 10.4 Å². The summed E-state index contributed by atoms with van der Waals surface area (Å²) in [5.41, 5.74) is 1.82. The summed E-state index contributed by atoms with van der Waals surface area (Å²) in [4.78, 5) is 0. The second-order valence-electron chi connectivity index (χ2n) is 4.31. The fraction of sp³-hybridized carbons (Fsp3) is 0.357. The molecule has 1 aromatic carbocycles. The summed E-state index contributed by atoms with van der Waals surface area (Å²) < 4.78 is 12.6. The highest BCUT2D eigenvalue weighted by atomic mass is 35.5. The monoisotopic (exact) mass is 295 g/mol. The van der Waals surface area contributed by atoms with Gasteiger partial charge in [-0.3, -0.25) is 4.68 Å². The van der Waals surface area contributed by atoms with Crippen LogP contribution in [0.1, 0.15) is 17.3 Å². The lowest BCUT2D eigenvalue weighted by molar-refractivity contribution is 0.349. The highest BCUT2D eigenvalue weighted by Crippen LogP contribution is 2.38. The summed E-state index contributed by atoms with van der Waals surface area (Å²) in [6.45, 7) is 0. The number of methoxy groups -OCH3 is 2. The van der Waals surface area contributed by atoms with Gasteiger partial charge in [-0.05, 0) is 13.1 Å². The van der Waals surface area contributed by atoms with Gasteiger partial charge in [0, 0.05) is 12.6 Å². The summed E-state index contributed by atoms with van der Waals surface area (Å²) in [6.07, 6.45) is 1.63. The number of hydrogen-bond acceptors (Lipinski definition) is 4. The average molecular weight is 296 g/mol. The van der Waals surface area contributed by atoms with Crippen LogP contribution in [0.25, 0.3) is 0 Å². The van der Waals surface area contributed by atoms with E-state index in [1.54, 1.807) is 25.1 Å². The van der Waals surface area contributed by atoms with Crippen LogP contribution in [0.2, 0.25) is 5.02 Å². The molecule has 108 valence electrons. The van der Waals surface area contributed by atoms with Crippen molar-refractivity contribution in [3.05, 3.63) is 40.7 Å². The number of nitrogens with zero attached hydrogens (tertiary/aromatic N) is 2. The van der Waals surface area contributed by atoms with E-state index >= 15 is 0 Å². The van der Waals surface area contributed by atoms with Crippen molar-refractivity contribution < 1.29 is 9.47 Å². The van der Waals surface area contributed by atoms with E-state index in [1.807, 2.05) is 32.3 Å². The predicted molar refractivity (Wildman–Crippen MR) is 78.7 cm³/mol. The molecule has 1 heterocycles. The Bertz CT molecular complexity index is 579. The lowest BCUT2D eigenvalue weighted by atomic mass is 10.0. The van der Waals surface area contributed by atoms with Crippen LogP contribution in [0.5, 0.6) is 11.5 Å². The quantitative estimate of drug-likeness (QED) is 0.920. The van der Waals surface area contributed by atoms with Gasteiger partial charge in [-0.1, -0.05) is 23.7 Å². The number of aromatic nitrogens is 2. The molecule has 6 heteroatoms. The average Bonchev–Trinajstić information content (AvgIpc) is 2.80. The lowest BCUT2D eigenvalue weighted by Crippen LogP contribution is -2.21. The van der Waals surface area contributed by atoms with Crippen LogP contribution in [0.3, 0.4) is 0 Å². The number of nitrogens with one attached hydrogen (secondary N) is 1. The molecule has 20 heavy (non-hydrogen) atoms. The van der Waals surface area contributed by atoms with Crippen LogP contribution in [-0.2, 0) is 7.05 Å². The Hall–Kier alpha value is -1.72. The van der Waals surface area contributed by atoms with Crippen molar-refractivity contribution in [1.82, 2.24) is 15.1 Å². The molecule has 0 spiro atoms. The molecular formula is C14H18ClN3O2. The normalized spacial score (nSPS) is 12.2. The predicted octanol–water partition coefficient (Wildman–Crippen LogP) is 2.40. The highest BCUT2D eigenvalue weighted by Gasteiger charge is 2.24. The van der Waals surface area contributed by atoms with Crippen molar-refractivity contribution in [2.24, 2.45) is 7.05 Å². The van der Waals surface area contributed by atoms with E-state index in [4.69, 9.17) is 21.1 Å². The molecule has 1 atom stereocenters. The molecule has 0 radical (unpaired) electrons. The topological polar surface area (TPSA) is 48.3 Å². The van der Waals surface area contributed by atoms with Crippen LogP contribution >= 0.6 is 11.6 Å². The van der Waals surface area contributed by atoms with Gasteiger partial charge in [-0.2, -0.15) is 5.10 Å². The molecule has 0 saturated carbocycles. The molecule has 0 fully saturated rings. The van der Waals surface area contributed by atoms with Gasteiger partial charge in [-0.15, -0.1) is 0 Å². The van der Waals surface area contributed by atoms with E-state index in [0.717, 1.165) is 11.3 Å². The van der Waals surface area contributed by atoms with Gasteiger partial charge < -0.3 is 14.8 Å². The molecule has 0 aliphatic carbocycles. The molecule has 2 aromatic rings. The summed E-state index contributed by atoms with van der Waals surface area (Å²) in [5, 5.41) is 8.04. The van der Waals surface area contributed by atoms with Crippen molar-refractivity contribution >= 4 is 11.6 Å². The van der Waals surface area contributed by atoms with Gasteiger partial charge >= 0.3 is 0 Å². The molecule has 0 aliphatic heterocycles. The molecule has 1 unspecified atom stereocenters. The standard InChI is InChI=1S/C14H18ClN3O2/c1-16-12(13-10(15)8-17-18(13)2)9-6-5-7-11(19-3)14(9)20-4/h5-8,12,16H,1-4H3. The van der Waals surface area contributed by atoms with Gasteiger partial charge in [0.15, 0.2) is 11.5 Å². The third-order valence-electron chi connectivity index (χ3n) is 3.24. The fourth-order valence-corrected chi connectivity index (χ4v) is 2.60. The minimum absolute atomic E-state index is 0.139. The number of benzene rings is 1. The first-order valence-corrected chi connectivity index (χ1v) is 6.57. The van der Waals surface area contributed by atoms with Gasteiger partial charge in [-0.25, -0.2) is 0 Å². The number of hydrogen-bond donors (Lipinski definition) is 1. The number of ether oxygens (including phenoxy) is 2. The molecule has 0 saturated heterocycles. The summed E-state index contributed by atoms with van der Waals surface area (Å²) in [5.74, 6) is 1.37. The fourth-order valence-electron chi connectivity index (χ4n) is 2.32. The zero-order valence-corrected chi connectivity index (χ0v) is 12.7. The Kier molecular flexibility index (Phi) is 4.52. The van der Waals surface area contributed by atoms with Crippen LogP contribution in [0.15, 0.2) is 24.4 Å². The number of para-hydroxylation sites is 1.